The van der Waals surface area contributed by atoms with Crippen molar-refractivity contribution in [2.24, 2.45) is 5.73 Å². The van der Waals surface area contributed by atoms with Crippen LogP contribution in [0.25, 0.3) is 0 Å². The maximum Gasteiger partial charge on any atom is 0.260 e. The van der Waals surface area contributed by atoms with Crippen LogP contribution in [0.1, 0.15) is 49.0 Å². The van der Waals surface area contributed by atoms with E-state index >= 15 is 0 Å². The first kappa shape index (κ1) is 19.2. The predicted octanol–water partition coefficient (Wildman–Crippen LogP) is 3.53. The number of benzene rings is 1. The van der Waals surface area contributed by atoms with Crippen LogP contribution in [0, 0.1) is 0 Å². The first-order chi connectivity index (χ1) is 12.8. The largest absolute Gasteiger partial charge is 0.474 e. The van der Waals surface area contributed by atoms with Crippen LogP contribution in [0.3, 0.4) is 0 Å². The zero-order valence-corrected chi connectivity index (χ0v) is 16.2. The molecule has 0 aliphatic carbocycles. The number of aromatic nitrogens is 1. The summed E-state index contributed by atoms with van der Waals surface area (Å²) in [6.07, 6.45) is 1.85. The zero-order chi connectivity index (χ0) is 19.7. The minimum Gasteiger partial charge on any atom is -0.474 e. The van der Waals surface area contributed by atoms with E-state index in [1.54, 1.807) is 11.0 Å². The van der Waals surface area contributed by atoms with Crippen LogP contribution in [0.4, 0.5) is 5.69 Å². The van der Waals surface area contributed by atoms with E-state index in [9.17, 15) is 9.59 Å². The summed E-state index contributed by atoms with van der Waals surface area (Å²) in [4.78, 5) is 30.9. The zero-order valence-electron chi connectivity index (χ0n) is 15.5. The topological polar surface area (TPSA) is 85.5 Å². The number of para-hydroxylation sites is 1. The molecule has 27 heavy (non-hydrogen) atoms. The van der Waals surface area contributed by atoms with Gasteiger partial charge in [0.25, 0.3) is 5.91 Å². The molecule has 0 spiro atoms. The molecule has 0 saturated carbocycles. The third kappa shape index (κ3) is 3.76. The number of ether oxygens (including phenoxy) is 1. The van der Waals surface area contributed by atoms with Gasteiger partial charge in [-0.05, 0) is 44.9 Å². The number of hydrogen-bond acceptors (Lipinski definition) is 4. The fraction of sp³-hybridized carbons (Fsp3) is 0.350. The fourth-order valence-electron chi connectivity index (χ4n) is 3.38. The van der Waals surface area contributed by atoms with E-state index in [0.717, 1.165) is 5.56 Å². The number of hydrogen-bond donors (Lipinski definition) is 1. The molecular weight excluding hydrogens is 366 g/mol. The molecule has 0 fully saturated rings. The summed E-state index contributed by atoms with van der Waals surface area (Å²) in [5, 5.41) is 0.280. The lowest BCUT2D eigenvalue weighted by atomic mass is 9.85. The van der Waals surface area contributed by atoms with Gasteiger partial charge >= 0.3 is 0 Å². The Morgan fingerprint density at radius 1 is 1.33 bits per heavy atom. The van der Waals surface area contributed by atoms with Gasteiger partial charge in [-0.25, -0.2) is 4.98 Å². The first-order valence-corrected chi connectivity index (χ1v) is 9.21. The van der Waals surface area contributed by atoms with Gasteiger partial charge in [-0.1, -0.05) is 29.8 Å². The molecule has 1 aromatic carbocycles. The second kappa shape index (κ2) is 7.56. The van der Waals surface area contributed by atoms with Crippen molar-refractivity contribution in [2.75, 3.05) is 4.90 Å². The summed E-state index contributed by atoms with van der Waals surface area (Å²) in [6, 6.07) is 8.69. The van der Waals surface area contributed by atoms with Gasteiger partial charge in [0.15, 0.2) is 0 Å². The van der Waals surface area contributed by atoms with Crippen molar-refractivity contribution in [2.45, 2.75) is 45.3 Å². The smallest absolute Gasteiger partial charge is 0.260 e. The minimum atomic E-state index is -0.413. The number of rotatable bonds is 4. The number of carbonyl (C=O) groups excluding carboxylic acids is 2. The minimum absolute atomic E-state index is 0.0729. The maximum atomic E-state index is 13.2. The average Bonchev–Trinajstić information content (AvgIpc) is 2.61. The Balaban J connectivity index is 1.98. The van der Waals surface area contributed by atoms with E-state index in [1.807, 2.05) is 45.0 Å². The number of anilines is 1. The molecule has 2 aromatic rings. The SMILES string of the molecule is CC(C)Oc1ncc(C(=O)N2c3ccccc3[C@@H](C(N)=O)C[C@@H]2C)cc1Cl. The molecule has 2 atom stereocenters. The van der Waals surface area contributed by atoms with Crippen LogP contribution in [0.5, 0.6) is 5.88 Å². The van der Waals surface area contributed by atoms with Crippen LogP contribution in [0.15, 0.2) is 36.5 Å². The summed E-state index contributed by atoms with van der Waals surface area (Å²) >= 11 is 6.24. The highest BCUT2D eigenvalue weighted by Gasteiger charge is 2.36. The van der Waals surface area contributed by atoms with Gasteiger partial charge in [0.05, 0.1) is 17.6 Å². The van der Waals surface area contributed by atoms with Crippen molar-refractivity contribution in [1.29, 1.82) is 0 Å². The van der Waals surface area contributed by atoms with Crippen LogP contribution >= 0.6 is 11.6 Å². The van der Waals surface area contributed by atoms with Gasteiger partial charge in [0, 0.05) is 17.9 Å². The molecule has 2 amide bonds. The van der Waals surface area contributed by atoms with Crippen molar-refractivity contribution >= 4 is 29.1 Å². The van der Waals surface area contributed by atoms with E-state index < -0.39 is 5.92 Å². The second-order valence-electron chi connectivity index (χ2n) is 6.95. The van der Waals surface area contributed by atoms with Crippen molar-refractivity contribution in [1.82, 2.24) is 4.98 Å². The maximum absolute atomic E-state index is 13.2. The summed E-state index contributed by atoms with van der Waals surface area (Å²) < 4.78 is 5.52. The van der Waals surface area contributed by atoms with Crippen LogP contribution in [-0.2, 0) is 4.79 Å². The van der Waals surface area contributed by atoms with Gasteiger partial charge in [0.2, 0.25) is 11.8 Å². The van der Waals surface area contributed by atoms with Gasteiger partial charge in [0.1, 0.15) is 5.02 Å². The summed E-state index contributed by atoms with van der Waals surface area (Å²) in [6.45, 7) is 5.65. The highest BCUT2D eigenvalue weighted by atomic mass is 35.5. The van der Waals surface area contributed by atoms with Crippen molar-refractivity contribution in [3.05, 3.63) is 52.7 Å². The Morgan fingerprint density at radius 2 is 2.04 bits per heavy atom. The van der Waals surface area contributed by atoms with Crippen molar-refractivity contribution in [3.63, 3.8) is 0 Å². The van der Waals surface area contributed by atoms with Gasteiger partial charge < -0.3 is 15.4 Å². The lowest BCUT2D eigenvalue weighted by Gasteiger charge is -2.38. The molecule has 6 nitrogen and oxygen atoms in total. The number of fused-ring (bicyclic) bond motifs is 1. The highest BCUT2D eigenvalue weighted by molar-refractivity contribution is 6.32. The number of nitrogens with zero attached hydrogens (tertiary/aromatic N) is 2. The molecule has 1 aromatic heterocycles. The number of nitrogens with two attached hydrogens (primary N) is 1. The molecule has 0 bridgehead atoms. The normalized spacial score (nSPS) is 18.9. The summed E-state index contributed by atoms with van der Waals surface area (Å²) in [5.41, 5.74) is 7.37. The molecule has 0 unspecified atom stereocenters. The molecule has 3 rings (SSSR count). The number of primary amides is 1. The van der Waals surface area contributed by atoms with E-state index in [0.29, 0.717) is 23.6 Å². The second-order valence-corrected chi connectivity index (χ2v) is 7.36. The van der Waals surface area contributed by atoms with Crippen molar-refractivity contribution < 1.29 is 14.3 Å². The lowest BCUT2D eigenvalue weighted by molar-refractivity contribution is -0.119. The molecule has 1 aliphatic rings. The molecule has 2 heterocycles. The summed E-state index contributed by atoms with van der Waals surface area (Å²) in [5.74, 6) is -0.738. The van der Waals surface area contributed by atoms with Crippen LogP contribution < -0.4 is 15.4 Å². The Morgan fingerprint density at radius 3 is 2.67 bits per heavy atom. The Bertz CT molecular complexity index is 885. The number of amides is 2. The third-order valence-corrected chi connectivity index (χ3v) is 4.82. The fourth-order valence-corrected chi connectivity index (χ4v) is 3.59. The van der Waals surface area contributed by atoms with Gasteiger partial charge in [-0.15, -0.1) is 0 Å². The molecule has 0 saturated heterocycles. The molecule has 142 valence electrons. The van der Waals surface area contributed by atoms with E-state index in [4.69, 9.17) is 22.1 Å². The molecular formula is C20H22ClN3O3. The first-order valence-electron chi connectivity index (χ1n) is 8.83. The third-order valence-electron chi connectivity index (χ3n) is 4.55. The van der Waals surface area contributed by atoms with E-state index in [2.05, 4.69) is 4.98 Å². The Labute approximate surface area is 163 Å². The molecule has 1 aliphatic heterocycles. The van der Waals surface area contributed by atoms with Gasteiger partial charge in [-0.2, -0.15) is 0 Å². The monoisotopic (exact) mass is 387 g/mol. The lowest BCUT2D eigenvalue weighted by Crippen LogP contribution is -2.45. The van der Waals surface area contributed by atoms with E-state index in [-0.39, 0.29) is 29.0 Å². The number of halogens is 1. The highest BCUT2D eigenvalue weighted by Crippen LogP contribution is 2.39. The molecule has 2 N–H and O–H groups in total. The average molecular weight is 388 g/mol. The van der Waals surface area contributed by atoms with Crippen LogP contribution in [0.2, 0.25) is 5.02 Å². The van der Waals surface area contributed by atoms with Gasteiger partial charge in [-0.3, -0.25) is 9.59 Å². The number of carbonyl (C=O) groups is 2. The Hall–Kier alpha value is -2.60. The number of pyridine rings is 1. The van der Waals surface area contributed by atoms with E-state index in [1.165, 1.54) is 6.20 Å². The van der Waals surface area contributed by atoms with Crippen molar-refractivity contribution in [3.8, 4) is 5.88 Å². The predicted molar refractivity (Wildman–Crippen MR) is 104 cm³/mol. The Kier molecular flexibility index (Phi) is 5.37. The summed E-state index contributed by atoms with van der Waals surface area (Å²) in [7, 11) is 0. The standard InChI is InChI=1S/C20H22ClN3O3/c1-11(2)27-19-16(21)9-13(10-23-19)20(26)24-12(3)8-15(18(22)25)14-6-4-5-7-17(14)24/h4-7,9-12,15H,8H2,1-3H3,(H2,22,25)/t12-,15-/m0/s1. The quantitative estimate of drug-likeness (QED) is 0.869. The molecule has 7 heteroatoms. The van der Waals surface area contributed by atoms with Crippen LogP contribution in [-0.4, -0.2) is 28.9 Å². The molecule has 0 radical (unpaired) electrons.